The second-order valence-electron chi connectivity index (χ2n) is 4.94. The predicted molar refractivity (Wildman–Crippen MR) is 88.1 cm³/mol. The molecule has 2 aromatic carbocycles. The number of carbonyl (C=O) groups excluding carboxylic acids is 2. The lowest BCUT2D eigenvalue weighted by atomic mass is 10.2. The molecule has 7 nitrogen and oxygen atoms in total. The van der Waals surface area contributed by atoms with Crippen LogP contribution in [0.4, 0.5) is 14.5 Å². The number of nitrogens with two attached hydrogens (primary N) is 1. The van der Waals surface area contributed by atoms with Crippen molar-refractivity contribution in [1.82, 2.24) is 0 Å². The van der Waals surface area contributed by atoms with Crippen molar-refractivity contribution in [2.75, 3.05) is 11.9 Å². The molecule has 26 heavy (non-hydrogen) atoms. The molecule has 0 heterocycles. The zero-order valence-electron chi connectivity index (χ0n) is 12.8. The number of anilines is 1. The van der Waals surface area contributed by atoms with E-state index in [0.29, 0.717) is 6.07 Å². The van der Waals surface area contributed by atoms with Crippen LogP contribution >= 0.6 is 11.6 Å². The molecule has 0 aliphatic carbocycles. The van der Waals surface area contributed by atoms with Crippen LogP contribution < -0.4 is 10.5 Å². The summed E-state index contributed by atoms with van der Waals surface area (Å²) in [5, 5.41) is 6.88. The first-order valence-electron chi connectivity index (χ1n) is 6.82. The van der Waals surface area contributed by atoms with Crippen LogP contribution in [0.2, 0.25) is 5.02 Å². The number of hydrogen-bond donors (Lipinski definition) is 2. The van der Waals surface area contributed by atoms with Gasteiger partial charge in [0.1, 0.15) is 16.5 Å². The highest BCUT2D eigenvalue weighted by atomic mass is 35.5. The van der Waals surface area contributed by atoms with Crippen LogP contribution in [-0.4, -0.2) is 26.9 Å². The minimum atomic E-state index is -4.16. The van der Waals surface area contributed by atoms with Crippen molar-refractivity contribution >= 4 is 39.2 Å². The lowest BCUT2D eigenvalue weighted by Crippen LogP contribution is -2.22. The average molecular weight is 405 g/mol. The minimum absolute atomic E-state index is 0.187. The average Bonchev–Trinajstić information content (AvgIpc) is 2.54. The molecular weight excluding hydrogens is 394 g/mol. The Labute approximate surface area is 151 Å². The van der Waals surface area contributed by atoms with E-state index in [0.717, 1.165) is 24.3 Å². The number of ether oxygens (including phenoxy) is 1. The van der Waals surface area contributed by atoms with E-state index in [-0.39, 0.29) is 16.3 Å². The lowest BCUT2D eigenvalue weighted by Gasteiger charge is -2.08. The highest BCUT2D eigenvalue weighted by Crippen LogP contribution is 2.22. The number of esters is 1. The molecule has 0 fully saturated rings. The van der Waals surface area contributed by atoms with Crippen molar-refractivity contribution in [2.24, 2.45) is 5.14 Å². The van der Waals surface area contributed by atoms with Gasteiger partial charge in [-0.15, -0.1) is 0 Å². The van der Waals surface area contributed by atoms with E-state index in [1.54, 1.807) is 0 Å². The maximum Gasteiger partial charge on any atom is 0.338 e. The molecule has 2 rings (SSSR count). The van der Waals surface area contributed by atoms with Gasteiger partial charge in [0, 0.05) is 6.07 Å². The second kappa shape index (κ2) is 7.77. The summed E-state index contributed by atoms with van der Waals surface area (Å²) >= 11 is 5.69. The van der Waals surface area contributed by atoms with Gasteiger partial charge in [-0.2, -0.15) is 0 Å². The van der Waals surface area contributed by atoms with Gasteiger partial charge < -0.3 is 10.1 Å². The molecule has 2 aromatic rings. The maximum absolute atomic E-state index is 13.4. The fourth-order valence-corrected chi connectivity index (χ4v) is 2.91. The monoisotopic (exact) mass is 404 g/mol. The molecule has 0 radical (unpaired) electrons. The molecule has 138 valence electrons. The molecular formula is C15H11ClF2N2O5S. The van der Waals surface area contributed by atoms with E-state index in [1.807, 2.05) is 0 Å². The number of primary sulfonamides is 1. The van der Waals surface area contributed by atoms with Crippen molar-refractivity contribution in [1.29, 1.82) is 0 Å². The van der Waals surface area contributed by atoms with Gasteiger partial charge in [-0.05, 0) is 30.3 Å². The molecule has 1 amide bonds. The summed E-state index contributed by atoms with van der Waals surface area (Å²) in [6, 6.07) is 5.72. The quantitative estimate of drug-likeness (QED) is 0.740. The Morgan fingerprint density at radius 3 is 2.46 bits per heavy atom. The Hall–Kier alpha value is -2.56. The van der Waals surface area contributed by atoms with E-state index in [1.165, 1.54) is 6.07 Å². The third-order valence-corrected chi connectivity index (χ3v) is 4.41. The van der Waals surface area contributed by atoms with Crippen molar-refractivity contribution in [3.8, 4) is 0 Å². The SMILES string of the molecule is NS(=O)(=O)c1cc(C(=O)OCC(=O)Nc2ccc(F)cc2F)ccc1Cl. The third kappa shape index (κ3) is 4.97. The van der Waals surface area contributed by atoms with Crippen LogP contribution in [0.15, 0.2) is 41.3 Å². The van der Waals surface area contributed by atoms with Crippen molar-refractivity contribution in [3.63, 3.8) is 0 Å². The first-order chi connectivity index (χ1) is 12.1. The predicted octanol–water partition coefficient (Wildman–Crippen LogP) is 2.06. The summed E-state index contributed by atoms with van der Waals surface area (Å²) in [6.07, 6.45) is 0. The highest BCUT2D eigenvalue weighted by molar-refractivity contribution is 7.89. The minimum Gasteiger partial charge on any atom is -0.452 e. The Bertz CT molecular complexity index is 982. The highest BCUT2D eigenvalue weighted by Gasteiger charge is 2.18. The molecule has 3 N–H and O–H groups in total. The van der Waals surface area contributed by atoms with Crippen molar-refractivity contribution < 1.29 is 31.5 Å². The number of rotatable bonds is 5. The van der Waals surface area contributed by atoms with Crippen LogP contribution in [0.1, 0.15) is 10.4 Å². The van der Waals surface area contributed by atoms with Crippen molar-refractivity contribution in [3.05, 3.63) is 58.6 Å². The van der Waals surface area contributed by atoms with Crippen LogP contribution in [0, 0.1) is 11.6 Å². The maximum atomic E-state index is 13.4. The Kier molecular flexibility index (Phi) is 5.90. The molecule has 0 unspecified atom stereocenters. The van der Waals surface area contributed by atoms with E-state index >= 15 is 0 Å². The number of benzene rings is 2. The molecule has 11 heteroatoms. The number of halogens is 3. The van der Waals surface area contributed by atoms with E-state index < -0.39 is 45.0 Å². The van der Waals surface area contributed by atoms with Gasteiger partial charge in [0.05, 0.1) is 16.3 Å². The van der Waals surface area contributed by atoms with Gasteiger partial charge in [-0.1, -0.05) is 11.6 Å². The smallest absolute Gasteiger partial charge is 0.338 e. The number of amides is 1. The van der Waals surface area contributed by atoms with Gasteiger partial charge >= 0.3 is 5.97 Å². The van der Waals surface area contributed by atoms with Gasteiger partial charge in [0.25, 0.3) is 5.91 Å². The van der Waals surface area contributed by atoms with Crippen LogP contribution in [-0.2, 0) is 19.6 Å². The Balaban J connectivity index is 2.03. The largest absolute Gasteiger partial charge is 0.452 e. The summed E-state index contributed by atoms with van der Waals surface area (Å²) in [5.41, 5.74) is -0.505. The molecule has 0 spiro atoms. The lowest BCUT2D eigenvalue weighted by molar-refractivity contribution is -0.119. The molecule has 0 aliphatic heterocycles. The molecule has 0 atom stereocenters. The molecule has 0 aliphatic rings. The standard InChI is InChI=1S/C15H11ClF2N2O5S/c16-10-3-1-8(5-13(10)26(19,23)24)15(22)25-7-14(21)20-12-4-2-9(17)6-11(12)18/h1-6H,7H2,(H,20,21)(H2,19,23,24). The Morgan fingerprint density at radius 2 is 1.85 bits per heavy atom. The van der Waals surface area contributed by atoms with E-state index in [9.17, 15) is 26.8 Å². The topological polar surface area (TPSA) is 116 Å². The number of hydrogen-bond acceptors (Lipinski definition) is 5. The third-order valence-electron chi connectivity index (χ3n) is 3.01. The summed E-state index contributed by atoms with van der Waals surface area (Å²) in [6.45, 7) is -0.789. The summed E-state index contributed by atoms with van der Waals surface area (Å²) < 4.78 is 53.7. The van der Waals surface area contributed by atoms with Gasteiger partial charge in [-0.3, -0.25) is 4.79 Å². The van der Waals surface area contributed by atoms with Gasteiger partial charge in [0.2, 0.25) is 10.0 Å². The van der Waals surface area contributed by atoms with Crippen LogP contribution in [0.3, 0.4) is 0 Å². The van der Waals surface area contributed by atoms with E-state index in [4.69, 9.17) is 21.5 Å². The number of sulfonamides is 1. The normalized spacial score (nSPS) is 11.1. The Morgan fingerprint density at radius 1 is 1.15 bits per heavy atom. The van der Waals surface area contributed by atoms with Crippen LogP contribution in [0.25, 0.3) is 0 Å². The van der Waals surface area contributed by atoms with Gasteiger partial charge in [0.15, 0.2) is 6.61 Å². The molecule has 0 bridgehead atoms. The zero-order chi connectivity index (χ0) is 19.5. The van der Waals surface area contributed by atoms with Gasteiger partial charge in [-0.25, -0.2) is 27.1 Å². The molecule has 0 saturated carbocycles. The summed E-state index contributed by atoms with van der Waals surface area (Å²) in [4.78, 5) is 23.1. The number of carbonyl (C=O) groups is 2. The number of nitrogens with one attached hydrogen (secondary N) is 1. The first kappa shape index (κ1) is 19.8. The summed E-state index contributed by atoms with van der Waals surface area (Å²) in [7, 11) is -4.16. The van der Waals surface area contributed by atoms with Crippen molar-refractivity contribution in [2.45, 2.75) is 4.90 Å². The first-order valence-corrected chi connectivity index (χ1v) is 8.75. The fraction of sp³-hybridized carbons (Fsp3) is 0.0667. The second-order valence-corrected chi connectivity index (χ2v) is 6.88. The fourth-order valence-electron chi connectivity index (χ4n) is 1.84. The van der Waals surface area contributed by atoms with E-state index in [2.05, 4.69) is 5.32 Å². The van der Waals surface area contributed by atoms with Crippen LogP contribution in [0.5, 0.6) is 0 Å². The molecule has 0 aromatic heterocycles. The zero-order valence-corrected chi connectivity index (χ0v) is 14.4. The molecule has 0 saturated heterocycles. The summed E-state index contributed by atoms with van der Waals surface area (Å²) in [5.74, 6) is -3.73.